The number of nitrogens with zero attached hydrogens (tertiary/aromatic N) is 2. The van der Waals surface area contributed by atoms with Gasteiger partial charge in [-0.05, 0) is 36.1 Å². The third kappa shape index (κ3) is 3.79. The van der Waals surface area contributed by atoms with E-state index in [0.29, 0.717) is 0 Å². The van der Waals surface area contributed by atoms with E-state index in [9.17, 15) is 5.11 Å². The summed E-state index contributed by atoms with van der Waals surface area (Å²) in [5, 5.41) is 10.5. The molecule has 3 nitrogen and oxygen atoms in total. The second kappa shape index (κ2) is 7.69. The van der Waals surface area contributed by atoms with Crippen LogP contribution in [0.15, 0.2) is 54.6 Å². The molecule has 2 atom stereocenters. The van der Waals surface area contributed by atoms with Crippen LogP contribution in [0.3, 0.4) is 0 Å². The number of hydrogen-bond acceptors (Lipinski definition) is 3. The Balaban J connectivity index is 1.27. The Hall–Kier alpha value is -1.68. The fraction of sp³-hybridized carbons (Fsp3) is 0.455. The van der Waals surface area contributed by atoms with Crippen molar-refractivity contribution in [1.82, 2.24) is 9.80 Å². The first-order valence-corrected chi connectivity index (χ1v) is 9.57. The molecule has 0 aromatic heterocycles. The number of fused-ring (bicyclic) bond motifs is 1. The fourth-order valence-electron chi connectivity index (χ4n) is 4.41. The van der Waals surface area contributed by atoms with Crippen molar-refractivity contribution in [2.45, 2.75) is 31.4 Å². The fourth-order valence-corrected chi connectivity index (χ4v) is 4.41. The Kier molecular flexibility index (Phi) is 5.16. The first-order valence-electron chi connectivity index (χ1n) is 9.57. The average Bonchev–Trinajstić information content (AvgIpc) is 2.99. The van der Waals surface area contributed by atoms with E-state index in [1.807, 2.05) is 0 Å². The summed E-state index contributed by atoms with van der Waals surface area (Å²) < 4.78 is 0. The van der Waals surface area contributed by atoms with Crippen molar-refractivity contribution in [3.05, 3.63) is 71.3 Å². The highest BCUT2D eigenvalue weighted by molar-refractivity contribution is 5.36. The Bertz CT molecular complexity index is 679. The zero-order chi connectivity index (χ0) is 17.1. The lowest BCUT2D eigenvalue weighted by molar-refractivity contribution is 0.0274. The lowest BCUT2D eigenvalue weighted by Gasteiger charge is -2.39. The second-order valence-corrected chi connectivity index (χ2v) is 7.38. The molecule has 1 heterocycles. The van der Waals surface area contributed by atoms with Crippen molar-refractivity contribution in [2.24, 2.45) is 0 Å². The summed E-state index contributed by atoms with van der Waals surface area (Å²) >= 11 is 0. The maximum atomic E-state index is 10.5. The van der Waals surface area contributed by atoms with Crippen LogP contribution in [0.2, 0.25) is 0 Å². The van der Waals surface area contributed by atoms with Gasteiger partial charge in [-0.1, -0.05) is 54.6 Å². The standard InChI is InChI=1S/C22H28N2O/c25-21-17-19-10-4-5-11-20(19)22(21)24-15-13-23(14-16-24)12-6-9-18-7-2-1-3-8-18/h1-5,7-8,10-11,21-22,25H,6,9,12-17H2/t21-,22+/m1/s1. The van der Waals surface area contributed by atoms with Crippen molar-refractivity contribution < 1.29 is 5.11 Å². The van der Waals surface area contributed by atoms with Gasteiger partial charge in [0.1, 0.15) is 0 Å². The van der Waals surface area contributed by atoms with Gasteiger partial charge in [-0.25, -0.2) is 0 Å². The molecule has 1 saturated heterocycles. The minimum Gasteiger partial charge on any atom is -0.391 e. The van der Waals surface area contributed by atoms with Crippen LogP contribution in [0.4, 0.5) is 0 Å². The van der Waals surface area contributed by atoms with Gasteiger partial charge in [-0.2, -0.15) is 0 Å². The highest BCUT2D eigenvalue weighted by Crippen LogP contribution is 2.36. The monoisotopic (exact) mass is 336 g/mol. The first-order chi connectivity index (χ1) is 12.3. The van der Waals surface area contributed by atoms with Crippen molar-refractivity contribution in [1.29, 1.82) is 0 Å². The normalized spacial score (nSPS) is 24.4. The molecule has 1 aliphatic carbocycles. The maximum Gasteiger partial charge on any atom is 0.0777 e. The summed E-state index contributed by atoms with van der Waals surface area (Å²) in [6.45, 7) is 5.51. The molecular formula is C22H28N2O. The number of aliphatic hydroxyl groups is 1. The van der Waals surface area contributed by atoms with E-state index in [0.717, 1.165) is 39.0 Å². The SMILES string of the molecule is O[C@@H]1Cc2ccccc2[C@@H]1N1CCN(CCCc2ccccc2)CC1. The van der Waals surface area contributed by atoms with Gasteiger partial charge in [0.05, 0.1) is 12.1 Å². The molecule has 0 amide bonds. The van der Waals surface area contributed by atoms with Crippen LogP contribution in [0.25, 0.3) is 0 Å². The average molecular weight is 336 g/mol. The maximum absolute atomic E-state index is 10.5. The number of aryl methyl sites for hydroxylation is 1. The van der Waals surface area contributed by atoms with E-state index in [-0.39, 0.29) is 12.1 Å². The Morgan fingerprint density at radius 3 is 2.40 bits per heavy atom. The number of hydrogen-bond donors (Lipinski definition) is 1. The molecule has 1 aliphatic heterocycles. The summed E-state index contributed by atoms with van der Waals surface area (Å²) in [5.41, 5.74) is 4.10. The van der Waals surface area contributed by atoms with Crippen LogP contribution in [0, 0.1) is 0 Å². The van der Waals surface area contributed by atoms with E-state index in [1.54, 1.807) is 0 Å². The molecule has 3 heteroatoms. The largest absolute Gasteiger partial charge is 0.391 e. The van der Waals surface area contributed by atoms with Crippen molar-refractivity contribution in [3.8, 4) is 0 Å². The molecule has 0 bridgehead atoms. The third-order valence-corrected chi connectivity index (χ3v) is 5.75. The number of benzene rings is 2. The second-order valence-electron chi connectivity index (χ2n) is 7.38. The molecule has 2 aliphatic rings. The highest BCUT2D eigenvalue weighted by Gasteiger charge is 2.36. The van der Waals surface area contributed by atoms with Crippen LogP contribution >= 0.6 is 0 Å². The van der Waals surface area contributed by atoms with Gasteiger partial charge in [-0.3, -0.25) is 4.90 Å². The smallest absolute Gasteiger partial charge is 0.0777 e. The van der Waals surface area contributed by atoms with Crippen LogP contribution in [-0.2, 0) is 12.8 Å². The Morgan fingerprint density at radius 2 is 1.60 bits per heavy atom. The number of piperazine rings is 1. The predicted molar refractivity (Wildman–Crippen MR) is 102 cm³/mol. The van der Waals surface area contributed by atoms with Crippen LogP contribution < -0.4 is 0 Å². The lowest BCUT2D eigenvalue weighted by atomic mass is 10.0. The lowest BCUT2D eigenvalue weighted by Crippen LogP contribution is -2.49. The van der Waals surface area contributed by atoms with Gasteiger partial charge < -0.3 is 10.0 Å². The minimum atomic E-state index is -0.248. The third-order valence-electron chi connectivity index (χ3n) is 5.75. The Labute approximate surface area is 150 Å². The van der Waals surface area contributed by atoms with E-state index in [2.05, 4.69) is 64.4 Å². The van der Waals surface area contributed by atoms with E-state index >= 15 is 0 Å². The molecule has 2 aromatic carbocycles. The molecule has 1 fully saturated rings. The molecule has 2 aromatic rings. The topological polar surface area (TPSA) is 26.7 Å². The summed E-state index contributed by atoms with van der Waals surface area (Å²) in [6, 6.07) is 19.5. The molecular weight excluding hydrogens is 308 g/mol. The van der Waals surface area contributed by atoms with Crippen LogP contribution in [-0.4, -0.2) is 53.7 Å². The Morgan fingerprint density at radius 1 is 0.880 bits per heavy atom. The van der Waals surface area contributed by atoms with Crippen molar-refractivity contribution >= 4 is 0 Å². The van der Waals surface area contributed by atoms with Gasteiger partial charge >= 0.3 is 0 Å². The van der Waals surface area contributed by atoms with Gasteiger partial charge in [0.15, 0.2) is 0 Å². The van der Waals surface area contributed by atoms with Crippen molar-refractivity contribution in [2.75, 3.05) is 32.7 Å². The van der Waals surface area contributed by atoms with Crippen LogP contribution in [0.5, 0.6) is 0 Å². The molecule has 4 rings (SSSR count). The summed E-state index contributed by atoms with van der Waals surface area (Å²) in [6.07, 6.45) is 2.94. The van der Waals surface area contributed by atoms with Crippen LogP contribution in [0.1, 0.15) is 29.2 Å². The van der Waals surface area contributed by atoms with E-state index in [1.165, 1.54) is 29.7 Å². The molecule has 132 valence electrons. The number of aliphatic hydroxyl groups excluding tert-OH is 1. The molecule has 0 radical (unpaired) electrons. The zero-order valence-electron chi connectivity index (χ0n) is 14.8. The van der Waals surface area contributed by atoms with Gasteiger partial charge in [0, 0.05) is 32.6 Å². The first kappa shape index (κ1) is 16.8. The van der Waals surface area contributed by atoms with Gasteiger partial charge in [0.25, 0.3) is 0 Å². The summed E-state index contributed by atoms with van der Waals surface area (Å²) in [7, 11) is 0. The predicted octanol–water partition coefficient (Wildman–Crippen LogP) is 2.90. The molecule has 0 spiro atoms. The summed E-state index contributed by atoms with van der Waals surface area (Å²) in [4.78, 5) is 5.07. The van der Waals surface area contributed by atoms with E-state index in [4.69, 9.17) is 0 Å². The molecule has 25 heavy (non-hydrogen) atoms. The summed E-state index contributed by atoms with van der Waals surface area (Å²) in [5.74, 6) is 0. The molecule has 1 N–H and O–H groups in total. The molecule has 0 saturated carbocycles. The number of rotatable bonds is 5. The quantitative estimate of drug-likeness (QED) is 0.909. The highest BCUT2D eigenvalue weighted by atomic mass is 16.3. The molecule has 0 unspecified atom stereocenters. The van der Waals surface area contributed by atoms with Crippen molar-refractivity contribution in [3.63, 3.8) is 0 Å². The zero-order valence-corrected chi connectivity index (χ0v) is 14.8. The van der Waals surface area contributed by atoms with E-state index < -0.39 is 0 Å². The van der Waals surface area contributed by atoms with Gasteiger partial charge in [0.2, 0.25) is 0 Å². The minimum absolute atomic E-state index is 0.197. The van der Waals surface area contributed by atoms with Gasteiger partial charge in [-0.15, -0.1) is 0 Å².